The summed E-state index contributed by atoms with van der Waals surface area (Å²) in [6.07, 6.45) is 3.81. The smallest absolute Gasteiger partial charge is 0.231 e. The molecular weight excluding hydrogens is 375 g/mol. The third kappa shape index (κ3) is 3.54. The average Bonchev–Trinajstić information content (AvgIpc) is 3.37. The summed E-state index contributed by atoms with van der Waals surface area (Å²) in [5, 5.41) is 17.3. The Morgan fingerprint density at radius 3 is 2.75 bits per heavy atom. The lowest BCUT2D eigenvalue weighted by Gasteiger charge is -2.14. The van der Waals surface area contributed by atoms with Crippen LogP contribution in [0.15, 0.2) is 24.4 Å². The molecule has 2 heterocycles. The third-order valence-corrected chi connectivity index (χ3v) is 6.15. The Kier molecular flexibility index (Phi) is 4.48. The molecule has 0 bridgehead atoms. The summed E-state index contributed by atoms with van der Waals surface area (Å²) in [6.45, 7) is 3.44. The van der Waals surface area contributed by atoms with Gasteiger partial charge in [-0.2, -0.15) is 15.2 Å². The minimum absolute atomic E-state index is 0.379. The molecule has 9 heteroatoms. The molecule has 0 amide bonds. The Balaban J connectivity index is 1.74. The summed E-state index contributed by atoms with van der Waals surface area (Å²) >= 11 is 0. The minimum atomic E-state index is -2.40. The highest BCUT2D eigenvalue weighted by Gasteiger charge is 2.24. The van der Waals surface area contributed by atoms with E-state index in [9.17, 15) is 9.83 Å². The summed E-state index contributed by atoms with van der Waals surface area (Å²) in [6, 6.07) is 7.95. The van der Waals surface area contributed by atoms with Gasteiger partial charge in [0, 0.05) is 17.5 Å². The normalized spacial score (nSPS) is 13.9. The summed E-state index contributed by atoms with van der Waals surface area (Å²) in [7, 11) is -0.831. The number of benzene rings is 1. The maximum Gasteiger partial charge on any atom is 0.231 e. The summed E-state index contributed by atoms with van der Waals surface area (Å²) in [5.74, 6) is 1.57. The van der Waals surface area contributed by atoms with E-state index in [0.717, 1.165) is 18.1 Å². The number of H-pyrrole nitrogens is 1. The van der Waals surface area contributed by atoms with Crippen molar-refractivity contribution in [2.45, 2.75) is 18.9 Å². The van der Waals surface area contributed by atoms with Gasteiger partial charge in [0.1, 0.15) is 30.4 Å². The van der Waals surface area contributed by atoms with E-state index in [4.69, 9.17) is 4.74 Å². The summed E-state index contributed by atoms with van der Waals surface area (Å²) < 4.78 is 17.8. The van der Waals surface area contributed by atoms with Crippen LogP contribution < -0.4 is 20.7 Å². The predicted octanol–water partition coefficient (Wildman–Crippen LogP) is 3.40. The molecule has 3 aromatic rings. The zero-order chi connectivity index (χ0) is 19.9. The number of rotatable bonds is 6. The van der Waals surface area contributed by atoms with E-state index < -0.39 is 7.14 Å². The highest BCUT2D eigenvalue weighted by atomic mass is 31.2. The Morgan fingerprint density at radius 2 is 2.11 bits per heavy atom. The van der Waals surface area contributed by atoms with Crippen LogP contribution in [-0.2, 0) is 4.57 Å². The quantitative estimate of drug-likeness (QED) is 0.547. The molecule has 1 saturated carbocycles. The van der Waals surface area contributed by atoms with Gasteiger partial charge in [-0.1, -0.05) is 0 Å². The fraction of sp³-hybridized carbons (Fsp3) is 0.316. The molecule has 144 valence electrons. The van der Waals surface area contributed by atoms with Crippen molar-refractivity contribution in [2.75, 3.05) is 31.1 Å². The molecular formula is C19H21N6O2P. The first-order valence-electron chi connectivity index (χ1n) is 8.95. The van der Waals surface area contributed by atoms with Crippen LogP contribution in [0.2, 0.25) is 0 Å². The lowest BCUT2D eigenvalue weighted by atomic mass is 10.2. The number of hydrogen-bond acceptors (Lipinski definition) is 7. The fourth-order valence-electron chi connectivity index (χ4n) is 2.94. The van der Waals surface area contributed by atoms with E-state index >= 15 is 0 Å². The zero-order valence-corrected chi connectivity index (χ0v) is 16.8. The standard InChI is InChI=1S/C19H21N6O2P/c1-27-15-8-13(28(2,3)26)6-7-14(15)23-19-24-17-16(11(9-20)10-21-17)18(25-19)22-12-4-5-12/h6-8,10,12H,4-5H2,1-3H3,(H3,21,22,23,24,25). The molecule has 2 aromatic heterocycles. The number of fused-ring (bicyclic) bond motifs is 1. The number of anilines is 3. The van der Waals surface area contributed by atoms with Crippen molar-refractivity contribution in [3.8, 4) is 11.8 Å². The zero-order valence-electron chi connectivity index (χ0n) is 15.9. The number of aromatic nitrogens is 3. The maximum absolute atomic E-state index is 12.3. The van der Waals surface area contributed by atoms with Crippen molar-refractivity contribution >= 4 is 40.9 Å². The summed E-state index contributed by atoms with van der Waals surface area (Å²) in [4.78, 5) is 12.1. The van der Waals surface area contributed by atoms with Crippen molar-refractivity contribution in [1.82, 2.24) is 15.0 Å². The Hall–Kier alpha value is -3.04. The van der Waals surface area contributed by atoms with Crippen molar-refractivity contribution in [2.24, 2.45) is 0 Å². The second kappa shape index (κ2) is 6.84. The highest BCUT2D eigenvalue weighted by molar-refractivity contribution is 7.70. The second-order valence-corrected chi connectivity index (χ2v) is 10.4. The molecule has 0 radical (unpaired) electrons. The molecule has 1 aliphatic rings. The monoisotopic (exact) mass is 396 g/mol. The number of aromatic amines is 1. The lowest BCUT2D eigenvalue weighted by Crippen LogP contribution is -2.09. The molecule has 0 saturated heterocycles. The van der Waals surface area contributed by atoms with Gasteiger partial charge in [-0.15, -0.1) is 0 Å². The van der Waals surface area contributed by atoms with Gasteiger partial charge in [-0.25, -0.2) is 0 Å². The number of nitriles is 1. The average molecular weight is 396 g/mol. The first-order chi connectivity index (χ1) is 13.4. The molecule has 1 fully saturated rings. The number of nitrogens with zero attached hydrogens (tertiary/aromatic N) is 3. The van der Waals surface area contributed by atoms with Crippen LogP contribution in [0.25, 0.3) is 11.0 Å². The summed E-state index contributed by atoms with van der Waals surface area (Å²) in [5.41, 5.74) is 1.76. The topological polar surface area (TPSA) is 116 Å². The molecule has 0 atom stereocenters. The maximum atomic E-state index is 12.3. The van der Waals surface area contributed by atoms with Crippen LogP contribution in [0, 0.1) is 11.3 Å². The molecule has 4 rings (SSSR count). The van der Waals surface area contributed by atoms with Crippen LogP contribution in [0.4, 0.5) is 17.5 Å². The van der Waals surface area contributed by atoms with Gasteiger partial charge in [-0.05, 0) is 44.4 Å². The number of hydrogen-bond donors (Lipinski definition) is 3. The Bertz CT molecular complexity index is 1140. The van der Waals surface area contributed by atoms with E-state index in [1.54, 1.807) is 32.7 Å². The van der Waals surface area contributed by atoms with Gasteiger partial charge < -0.3 is 24.9 Å². The molecule has 1 aliphatic carbocycles. The first kappa shape index (κ1) is 18.3. The molecule has 8 nitrogen and oxygen atoms in total. The van der Waals surface area contributed by atoms with Crippen molar-refractivity contribution < 1.29 is 9.30 Å². The molecule has 28 heavy (non-hydrogen) atoms. The Morgan fingerprint density at radius 1 is 1.32 bits per heavy atom. The second-order valence-electron chi connectivity index (χ2n) is 7.21. The van der Waals surface area contributed by atoms with Gasteiger partial charge in [0.2, 0.25) is 5.95 Å². The minimum Gasteiger partial charge on any atom is -0.495 e. The van der Waals surface area contributed by atoms with Crippen LogP contribution in [0.5, 0.6) is 5.75 Å². The molecule has 0 unspecified atom stereocenters. The molecule has 0 aliphatic heterocycles. The van der Waals surface area contributed by atoms with E-state index in [1.165, 1.54) is 0 Å². The van der Waals surface area contributed by atoms with E-state index in [0.29, 0.717) is 45.8 Å². The third-order valence-electron chi connectivity index (χ3n) is 4.62. The number of ether oxygens (including phenoxy) is 1. The van der Waals surface area contributed by atoms with Crippen molar-refractivity contribution in [3.05, 3.63) is 30.0 Å². The van der Waals surface area contributed by atoms with Crippen LogP contribution in [0.1, 0.15) is 18.4 Å². The van der Waals surface area contributed by atoms with Gasteiger partial charge in [0.05, 0.1) is 23.7 Å². The van der Waals surface area contributed by atoms with Gasteiger partial charge in [-0.3, -0.25) is 0 Å². The van der Waals surface area contributed by atoms with Gasteiger partial charge >= 0.3 is 0 Å². The van der Waals surface area contributed by atoms with Gasteiger partial charge in [0.25, 0.3) is 0 Å². The van der Waals surface area contributed by atoms with Crippen molar-refractivity contribution in [3.63, 3.8) is 0 Å². The van der Waals surface area contributed by atoms with Gasteiger partial charge in [0.15, 0.2) is 0 Å². The lowest BCUT2D eigenvalue weighted by molar-refractivity contribution is 0.417. The fourth-order valence-corrected chi connectivity index (χ4v) is 3.80. The van der Waals surface area contributed by atoms with Crippen LogP contribution >= 0.6 is 7.14 Å². The molecule has 0 spiro atoms. The number of methoxy groups -OCH3 is 1. The molecule has 1 aromatic carbocycles. The van der Waals surface area contributed by atoms with Crippen LogP contribution in [0.3, 0.4) is 0 Å². The highest BCUT2D eigenvalue weighted by Crippen LogP contribution is 2.38. The SMILES string of the molecule is COc1cc(P(C)(C)=O)ccc1Nc1nc(NC2CC2)c2c(C#N)c[nH]c2n1. The van der Waals surface area contributed by atoms with E-state index in [1.807, 2.05) is 12.1 Å². The predicted molar refractivity (Wildman–Crippen MR) is 111 cm³/mol. The largest absolute Gasteiger partial charge is 0.495 e. The van der Waals surface area contributed by atoms with E-state index in [-0.39, 0.29) is 0 Å². The first-order valence-corrected chi connectivity index (χ1v) is 11.6. The van der Waals surface area contributed by atoms with Crippen LogP contribution in [-0.4, -0.2) is 41.4 Å². The van der Waals surface area contributed by atoms with Crippen molar-refractivity contribution in [1.29, 1.82) is 5.26 Å². The van der Waals surface area contributed by atoms with E-state index in [2.05, 4.69) is 31.7 Å². The number of nitrogens with one attached hydrogen (secondary N) is 3. The molecule has 3 N–H and O–H groups in total. The Labute approximate surface area is 162 Å².